The number of nitrogens with one attached hydrogen (secondary N) is 2. The number of aryl methyl sites for hydroxylation is 1. The Hall–Kier alpha value is -4.04. The number of anilines is 2. The summed E-state index contributed by atoms with van der Waals surface area (Å²) in [5.74, 6) is 0.718. The maximum absolute atomic E-state index is 10.9. The number of thiocarbonyl (C=S) groups is 1. The highest BCUT2D eigenvalue weighted by atomic mass is 32.1. The van der Waals surface area contributed by atoms with Crippen molar-refractivity contribution in [2.75, 3.05) is 10.6 Å². The van der Waals surface area contributed by atoms with Crippen LogP contribution in [0.4, 0.5) is 17.1 Å². The average Bonchev–Trinajstić information content (AvgIpc) is 2.79. The van der Waals surface area contributed by atoms with Gasteiger partial charge in [0.25, 0.3) is 5.69 Å². The third kappa shape index (κ3) is 5.16. The molecule has 0 saturated carbocycles. The number of aromatic nitrogens is 1. The smallest absolute Gasteiger partial charge is 0.269 e. The SMILES string of the molecule is Cc1cc([N+](=O)[O-])ccc1NC(=S)Nc1ccc(OCc2ccc3ccccc3n2)cc1. The predicted molar refractivity (Wildman–Crippen MR) is 130 cm³/mol. The summed E-state index contributed by atoms with van der Waals surface area (Å²) in [4.78, 5) is 15.1. The fraction of sp³-hybridized carbons (Fsp3) is 0.0833. The Bertz CT molecular complexity index is 1290. The van der Waals surface area contributed by atoms with Crippen molar-refractivity contribution in [1.82, 2.24) is 4.98 Å². The lowest BCUT2D eigenvalue weighted by Crippen LogP contribution is -2.19. The molecule has 160 valence electrons. The number of nitrogens with zero attached hydrogens (tertiary/aromatic N) is 2. The Morgan fingerprint density at radius 3 is 2.56 bits per heavy atom. The van der Waals surface area contributed by atoms with Crippen molar-refractivity contribution in [3.05, 3.63) is 100 Å². The van der Waals surface area contributed by atoms with Crippen LogP contribution in [0.15, 0.2) is 78.9 Å². The van der Waals surface area contributed by atoms with Gasteiger partial charge in [-0.3, -0.25) is 10.1 Å². The van der Waals surface area contributed by atoms with Crippen molar-refractivity contribution in [3.63, 3.8) is 0 Å². The Morgan fingerprint density at radius 1 is 1.03 bits per heavy atom. The normalized spacial score (nSPS) is 10.5. The molecule has 0 amide bonds. The summed E-state index contributed by atoms with van der Waals surface area (Å²) in [6.07, 6.45) is 0. The summed E-state index contributed by atoms with van der Waals surface area (Å²) in [6.45, 7) is 2.16. The zero-order valence-corrected chi connectivity index (χ0v) is 18.1. The van der Waals surface area contributed by atoms with Gasteiger partial charge in [0.15, 0.2) is 5.11 Å². The number of para-hydroxylation sites is 1. The van der Waals surface area contributed by atoms with Gasteiger partial charge in [0.2, 0.25) is 0 Å². The second-order valence-electron chi connectivity index (χ2n) is 7.14. The summed E-state index contributed by atoms with van der Waals surface area (Å²) >= 11 is 5.35. The highest BCUT2D eigenvalue weighted by Crippen LogP contribution is 2.22. The van der Waals surface area contributed by atoms with Crippen LogP contribution in [-0.2, 0) is 6.61 Å². The number of fused-ring (bicyclic) bond motifs is 1. The fourth-order valence-corrected chi connectivity index (χ4v) is 3.39. The van der Waals surface area contributed by atoms with Crippen LogP contribution >= 0.6 is 12.2 Å². The highest BCUT2D eigenvalue weighted by molar-refractivity contribution is 7.80. The predicted octanol–water partition coefficient (Wildman–Crippen LogP) is 5.84. The van der Waals surface area contributed by atoms with Crippen LogP contribution in [0.5, 0.6) is 5.75 Å². The quantitative estimate of drug-likeness (QED) is 0.219. The molecule has 0 fully saturated rings. The van der Waals surface area contributed by atoms with Crippen LogP contribution < -0.4 is 15.4 Å². The van der Waals surface area contributed by atoms with Crippen LogP contribution in [0, 0.1) is 17.0 Å². The average molecular weight is 445 g/mol. The molecule has 0 radical (unpaired) electrons. The van der Waals surface area contributed by atoms with E-state index in [0.29, 0.717) is 17.4 Å². The summed E-state index contributed by atoms with van der Waals surface area (Å²) in [5, 5.41) is 18.5. The second-order valence-corrected chi connectivity index (χ2v) is 7.55. The number of nitro benzene ring substituents is 1. The molecule has 3 aromatic carbocycles. The van der Waals surface area contributed by atoms with E-state index in [-0.39, 0.29) is 5.69 Å². The van der Waals surface area contributed by atoms with Gasteiger partial charge in [0.1, 0.15) is 12.4 Å². The van der Waals surface area contributed by atoms with E-state index in [4.69, 9.17) is 17.0 Å². The Balaban J connectivity index is 1.33. The molecule has 8 heteroatoms. The molecule has 4 aromatic rings. The first kappa shape index (κ1) is 21.2. The van der Waals surface area contributed by atoms with Gasteiger partial charge in [-0.25, -0.2) is 4.98 Å². The van der Waals surface area contributed by atoms with Crippen LogP contribution in [0.25, 0.3) is 10.9 Å². The molecule has 0 saturated heterocycles. The zero-order valence-electron chi connectivity index (χ0n) is 17.2. The van der Waals surface area contributed by atoms with E-state index < -0.39 is 4.92 Å². The topological polar surface area (TPSA) is 89.3 Å². The van der Waals surface area contributed by atoms with Crippen LogP contribution in [0.3, 0.4) is 0 Å². The molecule has 2 N–H and O–H groups in total. The van der Waals surface area contributed by atoms with Crippen LogP contribution in [0.1, 0.15) is 11.3 Å². The van der Waals surface area contributed by atoms with Gasteiger partial charge in [0.05, 0.1) is 16.1 Å². The number of ether oxygens (including phenoxy) is 1. The minimum absolute atomic E-state index is 0.0430. The Labute approximate surface area is 190 Å². The highest BCUT2D eigenvalue weighted by Gasteiger charge is 2.09. The summed E-state index contributed by atoms with van der Waals surface area (Å²) in [5.41, 5.74) is 4.07. The molecule has 1 aromatic heterocycles. The molecule has 0 bridgehead atoms. The van der Waals surface area contributed by atoms with Gasteiger partial charge in [-0.15, -0.1) is 0 Å². The Kier molecular flexibility index (Phi) is 6.23. The number of nitro groups is 1. The molecule has 7 nitrogen and oxygen atoms in total. The first-order valence-corrected chi connectivity index (χ1v) is 10.3. The first-order chi connectivity index (χ1) is 15.5. The molecular formula is C24H20N4O3S. The van der Waals surface area contributed by atoms with Gasteiger partial charge < -0.3 is 15.4 Å². The van der Waals surface area contributed by atoms with Gasteiger partial charge in [-0.1, -0.05) is 24.3 Å². The summed E-state index contributed by atoms with van der Waals surface area (Å²) in [7, 11) is 0. The Morgan fingerprint density at radius 2 is 1.81 bits per heavy atom. The van der Waals surface area contributed by atoms with Crippen LogP contribution in [-0.4, -0.2) is 15.0 Å². The van der Waals surface area contributed by atoms with Gasteiger partial charge in [0, 0.05) is 28.9 Å². The molecule has 0 aliphatic rings. The maximum atomic E-state index is 10.9. The van der Waals surface area contributed by atoms with E-state index >= 15 is 0 Å². The van der Waals surface area contributed by atoms with Gasteiger partial charge >= 0.3 is 0 Å². The third-order valence-corrected chi connectivity index (χ3v) is 5.03. The maximum Gasteiger partial charge on any atom is 0.269 e. The molecule has 4 rings (SSSR count). The lowest BCUT2D eigenvalue weighted by atomic mass is 10.2. The molecule has 32 heavy (non-hydrogen) atoms. The zero-order chi connectivity index (χ0) is 22.5. The van der Waals surface area contributed by atoms with Gasteiger partial charge in [-0.05, 0) is 67.2 Å². The number of hydrogen-bond acceptors (Lipinski definition) is 5. The molecular weight excluding hydrogens is 424 g/mol. The van der Waals surface area contributed by atoms with Crippen LogP contribution in [0.2, 0.25) is 0 Å². The number of hydrogen-bond donors (Lipinski definition) is 2. The number of pyridine rings is 1. The number of non-ortho nitro benzene ring substituents is 1. The number of benzene rings is 3. The number of rotatable bonds is 6. The molecule has 0 spiro atoms. The molecule has 0 atom stereocenters. The largest absolute Gasteiger partial charge is 0.487 e. The van der Waals surface area contributed by atoms with Crippen molar-refractivity contribution < 1.29 is 9.66 Å². The lowest BCUT2D eigenvalue weighted by molar-refractivity contribution is -0.384. The van der Waals surface area contributed by atoms with Crippen molar-refractivity contribution >= 4 is 45.3 Å². The van der Waals surface area contributed by atoms with E-state index in [1.54, 1.807) is 13.0 Å². The summed E-state index contributed by atoms with van der Waals surface area (Å²) < 4.78 is 5.85. The molecule has 1 heterocycles. The van der Waals surface area contributed by atoms with Crippen molar-refractivity contribution in [3.8, 4) is 5.75 Å². The summed E-state index contributed by atoms with van der Waals surface area (Å²) in [6, 6.07) is 24.0. The van der Waals surface area contributed by atoms with Crippen molar-refractivity contribution in [2.24, 2.45) is 0 Å². The van der Waals surface area contributed by atoms with E-state index in [1.165, 1.54) is 12.1 Å². The first-order valence-electron chi connectivity index (χ1n) is 9.88. The molecule has 0 aliphatic carbocycles. The minimum Gasteiger partial charge on any atom is -0.487 e. The second kappa shape index (κ2) is 9.40. The van der Waals surface area contributed by atoms with Gasteiger partial charge in [-0.2, -0.15) is 0 Å². The molecule has 0 aliphatic heterocycles. The monoisotopic (exact) mass is 444 g/mol. The fourth-order valence-electron chi connectivity index (χ4n) is 3.17. The van der Waals surface area contributed by atoms with E-state index in [2.05, 4.69) is 15.6 Å². The lowest BCUT2D eigenvalue weighted by Gasteiger charge is -2.13. The third-order valence-electron chi connectivity index (χ3n) is 4.82. The van der Waals surface area contributed by atoms with Crippen molar-refractivity contribution in [1.29, 1.82) is 0 Å². The van der Waals surface area contributed by atoms with Crippen molar-refractivity contribution in [2.45, 2.75) is 13.5 Å². The minimum atomic E-state index is -0.424. The molecule has 0 unspecified atom stereocenters. The standard InChI is InChI=1S/C24H20N4O3S/c1-16-14-20(28(29)30)10-13-22(16)27-24(32)26-18-8-11-21(12-9-18)31-15-19-7-6-17-4-2-3-5-23(17)25-19/h2-14H,15H2,1H3,(H2,26,27,32). The van der Waals surface area contributed by atoms with E-state index in [1.807, 2.05) is 60.7 Å². The van der Waals surface area contributed by atoms with E-state index in [0.717, 1.165) is 33.6 Å². The van der Waals surface area contributed by atoms with E-state index in [9.17, 15) is 10.1 Å².